The lowest BCUT2D eigenvalue weighted by atomic mass is 9.73. The molecule has 0 aliphatic heterocycles. The van der Waals surface area contributed by atoms with Gasteiger partial charge in [0.2, 0.25) is 5.91 Å². The lowest BCUT2D eigenvalue weighted by Gasteiger charge is -2.32. The van der Waals surface area contributed by atoms with Crippen LogP contribution < -0.4 is 10.6 Å². The minimum absolute atomic E-state index is 0.117. The summed E-state index contributed by atoms with van der Waals surface area (Å²) in [5, 5.41) is 5.90. The van der Waals surface area contributed by atoms with Gasteiger partial charge in [-0.05, 0) is 91.6 Å². The zero-order chi connectivity index (χ0) is 23.9. The first kappa shape index (κ1) is 21.5. The van der Waals surface area contributed by atoms with Gasteiger partial charge in [0.15, 0.2) is 0 Å². The molecule has 2 amide bonds. The van der Waals surface area contributed by atoms with E-state index in [4.69, 9.17) is 0 Å². The van der Waals surface area contributed by atoms with Crippen molar-refractivity contribution in [2.75, 3.05) is 10.6 Å². The van der Waals surface area contributed by atoms with Gasteiger partial charge in [0.05, 0.1) is 11.0 Å². The highest BCUT2D eigenvalue weighted by Gasteiger charge is 2.48. The van der Waals surface area contributed by atoms with Crippen molar-refractivity contribution < 1.29 is 9.59 Å². The Balaban J connectivity index is 1.15. The van der Waals surface area contributed by atoms with Crippen molar-refractivity contribution in [2.45, 2.75) is 26.2 Å². The second kappa shape index (κ2) is 8.65. The number of benzene rings is 2. The van der Waals surface area contributed by atoms with Crippen LogP contribution in [0.1, 0.15) is 36.5 Å². The van der Waals surface area contributed by atoms with Crippen molar-refractivity contribution in [1.29, 1.82) is 0 Å². The molecule has 3 N–H and O–H groups in total. The summed E-state index contributed by atoms with van der Waals surface area (Å²) >= 11 is 0. The Morgan fingerprint density at radius 2 is 1.86 bits per heavy atom. The van der Waals surface area contributed by atoms with E-state index in [1.807, 2.05) is 36.4 Å². The highest BCUT2D eigenvalue weighted by molar-refractivity contribution is 6.05. The molecule has 0 spiro atoms. The van der Waals surface area contributed by atoms with Crippen molar-refractivity contribution in [2.24, 2.45) is 23.7 Å². The molecule has 2 fully saturated rings. The zero-order valence-electron chi connectivity index (χ0n) is 19.5. The second-order valence-electron chi connectivity index (χ2n) is 9.76. The predicted octanol–water partition coefficient (Wildman–Crippen LogP) is 5.50. The van der Waals surface area contributed by atoms with Crippen LogP contribution in [0.5, 0.6) is 0 Å². The van der Waals surface area contributed by atoms with E-state index >= 15 is 0 Å². The van der Waals surface area contributed by atoms with Gasteiger partial charge < -0.3 is 15.6 Å². The van der Waals surface area contributed by atoms with Crippen LogP contribution in [-0.2, 0) is 4.79 Å². The number of aromatic nitrogens is 3. The third-order valence-corrected chi connectivity index (χ3v) is 7.76. The SMILES string of the molecule is CC1C(C(=O)Nc2ccc(-c3nc4ccc(C(=O)Nc5ccccn5)cc4[nH]3)cc2)CC2CCC21. The van der Waals surface area contributed by atoms with Crippen LogP contribution in [0.25, 0.3) is 22.4 Å². The number of hydrogen-bond acceptors (Lipinski definition) is 4. The molecule has 0 radical (unpaired) electrons. The summed E-state index contributed by atoms with van der Waals surface area (Å²) in [6, 6.07) is 18.5. The van der Waals surface area contributed by atoms with E-state index in [0.29, 0.717) is 23.1 Å². The topological polar surface area (TPSA) is 99.8 Å². The number of rotatable bonds is 5. The van der Waals surface area contributed by atoms with Gasteiger partial charge >= 0.3 is 0 Å². The zero-order valence-corrected chi connectivity index (χ0v) is 19.5. The molecule has 7 heteroatoms. The van der Waals surface area contributed by atoms with Gasteiger partial charge in [0, 0.05) is 28.9 Å². The molecule has 7 nitrogen and oxygen atoms in total. The van der Waals surface area contributed by atoms with Crippen molar-refractivity contribution >= 4 is 34.4 Å². The first-order chi connectivity index (χ1) is 17.0. The van der Waals surface area contributed by atoms with Crippen LogP contribution in [0.4, 0.5) is 11.5 Å². The van der Waals surface area contributed by atoms with Crippen LogP contribution in [0.2, 0.25) is 0 Å². The lowest BCUT2D eigenvalue weighted by Crippen LogP contribution is -2.27. The molecular weight excluding hydrogens is 438 g/mol. The summed E-state index contributed by atoms with van der Waals surface area (Å²) in [5.41, 5.74) is 3.78. The Kier molecular flexibility index (Phi) is 5.32. The summed E-state index contributed by atoms with van der Waals surface area (Å²) < 4.78 is 0. The molecular formula is C28H27N5O2. The fraction of sp³-hybridized carbons (Fsp3) is 0.286. The second-order valence-corrected chi connectivity index (χ2v) is 9.76. The van der Waals surface area contributed by atoms with E-state index in [9.17, 15) is 9.59 Å². The van der Waals surface area contributed by atoms with Crippen LogP contribution in [0, 0.1) is 23.7 Å². The summed E-state index contributed by atoms with van der Waals surface area (Å²) in [6.45, 7) is 2.23. The Morgan fingerprint density at radius 1 is 1.00 bits per heavy atom. The molecule has 4 aromatic rings. The number of aromatic amines is 1. The first-order valence-corrected chi connectivity index (χ1v) is 12.2. The van der Waals surface area contributed by atoms with Crippen LogP contribution in [0.15, 0.2) is 66.9 Å². The van der Waals surface area contributed by atoms with Gasteiger partial charge in [-0.2, -0.15) is 0 Å². The molecule has 0 bridgehead atoms. The lowest BCUT2D eigenvalue weighted by molar-refractivity contribution is -0.120. The first-order valence-electron chi connectivity index (χ1n) is 12.2. The molecule has 4 atom stereocenters. The minimum Gasteiger partial charge on any atom is -0.338 e. The minimum atomic E-state index is -0.230. The maximum Gasteiger partial charge on any atom is 0.256 e. The number of amides is 2. The molecule has 2 saturated carbocycles. The molecule has 2 aliphatic rings. The highest BCUT2D eigenvalue weighted by atomic mass is 16.2. The number of anilines is 2. The maximum absolute atomic E-state index is 12.9. The van der Waals surface area contributed by atoms with Gasteiger partial charge in [-0.25, -0.2) is 9.97 Å². The van der Waals surface area contributed by atoms with E-state index in [1.54, 1.807) is 30.5 Å². The number of carbonyl (C=O) groups is 2. The average Bonchev–Trinajstić information content (AvgIpc) is 3.37. The van der Waals surface area contributed by atoms with Gasteiger partial charge in [-0.15, -0.1) is 0 Å². The Hall–Kier alpha value is -4.00. The molecule has 0 saturated heterocycles. The van der Waals surface area contributed by atoms with Gasteiger partial charge in [-0.3, -0.25) is 9.59 Å². The molecule has 35 heavy (non-hydrogen) atoms. The smallest absolute Gasteiger partial charge is 0.256 e. The maximum atomic E-state index is 12.9. The average molecular weight is 466 g/mol. The van der Waals surface area contributed by atoms with Crippen molar-refractivity contribution in [3.8, 4) is 11.4 Å². The molecule has 4 unspecified atom stereocenters. The Morgan fingerprint density at radius 3 is 2.54 bits per heavy atom. The van der Waals surface area contributed by atoms with E-state index in [0.717, 1.165) is 40.5 Å². The summed E-state index contributed by atoms with van der Waals surface area (Å²) in [5.74, 6) is 3.20. The Labute approximate surface area is 203 Å². The normalized spacial score (nSPS) is 22.9. The number of nitrogens with zero attached hydrogens (tertiary/aromatic N) is 2. The fourth-order valence-corrected chi connectivity index (χ4v) is 5.62. The van der Waals surface area contributed by atoms with E-state index in [1.165, 1.54) is 12.8 Å². The predicted molar refractivity (Wildman–Crippen MR) is 136 cm³/mol. The molecule has 2 aliphatic carbocycles. The van der Waals surface area contributed by atoms with Crippen molar-refractivity contribution in [1.82, 2.24) is 15.0 Å². The number of imidazole rings is 1. The third kappa shape index (κ3) is 4.07. The van der Waals surface area contributed by atoms with Gasteiger partial charge in [0.25, 0.3) is 5.91 Å². The quantitative estimate of drug-likeness (QED) is 0.362. The third-order valence-electron chi connectivity index (χ3n) is 7.76. The number of nitrogens with one attached hydrogen (secondary N) is 3. The molecule has 2 heterocycles. The summed E-state index contributed by atoms with van der Waals surface area (Å²) in [4.78, 5) is 37.6. The van der Waals surface area contributed by atoms with Gasteiger partial charge in [-0.1, -0.05) is 13.0 Å². The largest absolute Gasteiger partial charge is 0.338 e. The number of fused-ring (bicyclic) bond motifs is 2. The summed E-state index contributed by atoms with van der Waals surface area (Å²) in [6.07, 6.45) is 5.21. The van der Waals surface area contributed by atoms with Crippen LogP contribution in [-0.4, -0.2) is 26.8 Å². The van der Waals surface area contributed by atoms with E-state index < -0.39 is 0 Å². The van der Waals surface area contributed by atoms with E-state index in [2.05, 4.69) is 32.5 Å². The van der Waals surface area contributed by atoms with Crippen molar-refractivity contribution in [3.63, 3.8) is 0 Å². The number of carbonyl (C=O) groups excluding carboxylic acids is 2. The van der Waals surface area contributed by atoms with Crippen molar-refractivity contribution in [3.05, 3.63) is 72.4 Å². The van der Waals surface area contributed by atoms with Crippen LogP contribution >= 0.6 is 0 Å². The standard InChI is InChI=1S/C28H27N5O2/c1-16-21-11-7-18(21)14-22(16)28(35)30-20-9-5-17(6-10-20)26-31-23-12-8-19(15-24(23)32-26)27(34)33-25-4-2-3-13-29-25/h2-6,8-10,12-13,15-16,18,21-22H,7,11,14H2,1H3,(H,30,35)(H,31,32)(H,29,33,34). The molecule has 2 aromatic carbocycles. The Bertz CT molecular complexity index is 1400. The molecule has 2 aromatic heterocycles. The molecule has 6 rings (SSSR count). The van der Waals surface area contributed by atoms with E-state index in [-0.39, 0.29) is 17.7 Å². The van der Waals surface area contributed by atoms with Gasteiger partial charge in [0.1, 0.15) is 11.6 Å². The number of H-pyrrole nitrogens is 1. The molecule has 176 valence electrons. The monoisotopic (exact) mass is 465 g/mol. The fourth-order valence-electron chi connectivity index (χ4n) is 5.62. The number of hydrogen-bond donors (Lipinski definition) is 3. The highest BCUT2D eigenvalue weighted by Crippen LogP contribution is 2.53. The van der Waals surface area contributed by atoms with Crippen LogP contribution in [0.3, 0.4) is 0 Å². The number of pyridine rings is 1. The summed E-state index contributed by atoms with van der Waals surface area (Å²) in [7, 11) is 0.